The van der Waals surface area contributed by atoms with E-state index in [9.17, 15) is 4.79 Å². The number of hydrogen-bond donors (Lipinski definition) is 1. The molecule has 4 heterocycles. The molecule has 1 amide bonds. The van der Waals surface area contributed by atoms with Crippen LogP contribution in [0.25, 0.3) is 32.0 Å². The molecule has 0 unspecified atom stereocenters. The molecule has 208 valence electrons. The van der Waals surface area contributed by atoms with Crippen LogP contribution in [0.1, 0.15) is 15.9 Å². The Labute approximate surface area is 243 Å². The molecule has 1 saturated heterocycles. The molecule has 41 heavy (non-hydrogen) atoms. The van der Waals surface area contributed by atoms with Crippen LogP contribution in [0, 0.1) is 0 Å². The summed E-state index contributed by atoms with van der Waals surface area (Å²) < 4.78 is 5.22. The molecule has 0 aliphatic carbocycles. The number of para-hydroxylation sites is 1. The summed E-state index contributed by atoms with van der Waals surface area (Å²) in [7, 11) is 1.75. The lowest BCUT2D eigenvalue weighted by molar-refractivity contribution is 0.0938. The zero-order chi connectivity index (χ0) is 28.0. The summed E-state index contributed by atoms with van der Waals surface area (Å²) in [6.07, 6.45) is 5.32. The summed E-state index contributed by atoms with van der Waals surface area (Å²) in [4.78, 5) is 33.0. The number of amides is 1. The van der Waals surface area contributed by atoms with Gasteiger partial charge in [-0.15, -0.1) is 0 Å². The van der Waals surface area contributed by atoms with Gasteiger partial charge in [0.2, 0.25) is 0 Å². The lowest BCUT2D eigenvalue weighted by atomic mass is 10.1. The minimum Gasteiger partial charge on any atom is -0.383 e. The maximum absolute atomic E-state index is 13.3. The van der Waals surface area contributed by atoms with E-state index in [0.717, 1.165) is 83.5 Å². The molecule has 1 N–H and O–H groups in total. The van der Waals surface area contributed by atoms with Crippen molar-refractivity contribution < 1.29 is 9.53 Å². The lowest BCUT2D eigenvalue weighted by Gasteiger charge is -2.34. The molecule has 3 aromatic heterocycles. The van der Waals surface area contributed by atoms with Crippen molar-refractivity contribution in [2.75, 3.05) is 51.8 Å². The highest BCUT2D eigenvalue weighted by Crippen LogP contribution is 2.34. The number of nitrogens with one attached hydrogen (secondary N) is 1. The van der Waals surface area contributed by atoms with Gasteiger partial charge in [0.05, 0.1) is 17.9 Å². The molecule has 0 radical (unpaired) electrons. The number of rotatable bonds is 9. The van der Waals surface area contributed by atoms with Gasteiger partial charge in [-0.2, -0.15) is 0 Å². The Kier molecular flexibility index (Phi) is 8.39. The second-order valence-electron chi connectivity index (χ2n) is 10.1. The molecule has 0 atom stereocenters. The maximum Gasteiger partial charge on any atom is 0.257 e. The summed E-state index contributed by atoms with van der Waals surface area (Å²) in [5.41, 5.74) is 6.01. The Balaban J connectivity index is 1.17. The SMILES string of the molecule is COCCN1CCN(Cc2cnc3sc(-c4ccccc4NC(=O)c4cncc(-c5ccccc5)c4)nc3c2)CC1. The Morgan fingerprint density at radius 3 is 2.54 bits per heavy atom. The van der Waals surface area contributed by atoms with Crippen molar-refractivity contribution in [1.29, 1.82) is 0 Å². The number of nitrogens with zero attached hydrogens (tertiary/aromatic N) is 5. The fourth-order valence-corrected chi connectivity index (χ4v) is 5.97. The Morgan fingerprint density at radius 2 is 1.71 bits per heavy atom. The summed E-state index contributed by atoms with van der Waals surface area (Å²) in [6, 6.07) is 21.7. The van der Waals surface area contributed by atoms with Crippen LogP contribution in [0.5, 0.6) is 0 Å². The van der Waals surface area contributed by atoms with E-state index in [1.54, 1.807) is 19.5 Å². The van der Waals surface area contributed by atoms with E-state index in [-0.39, 0.29) is 5.91 Å². The van der Waals surface area contributed by atoms with Crippen LogP contribution < -0.4 is 5.32 Å². The van der Waals surface area contributed by atoms with Crippen molar-refractivity contribution in [2.45, 2.75) is 6.54 Å². The molecular weight excluding hydrogens is 532 g/mol. The first-order chi connectivity index (χ1) is 20.2. The normalized spacial score (nSPS) is 14.4. The fraction of sp³-hybridized carbons (Fsp3) is 0.250. The van der Waals surface area contributed by atoms with Crippen LogP contribution in [0.3, 0.4) is 0 Å². The first-order valence-electron chi connectivity index (χ1n) is 13.8. The van der Waals surface area contributed by atoms with Crippen LogP contribution in [0.2, 0.25) is 0 Å². The van der Waals surface area contributed by atoms with Crippen molar-refractivity contribution in [2.24, 2.45) is 0 Å². The van der Waals surface area contributed by atoms with Gasteiger partial charge in [-0.25, -0.2) is 9.97 Å². The first-order valence-corrected chi connectivity index (χ1v) is 14.6. The van der Waals surface area contributed by atoms with Crippen LogP contribution in [-0.2, 0) is 11.3 Å². The molecule has 0 saturated carbocycles. The van der Waals surface area contributed by atoms with Gasteiger partial charge in [0.15, 0.2) is 0 Å². The predicted octanol–water partition coefficient (Wildman–Crippen LogP) is 5.44. The molecule has 0 bridgehead atoms. The van der Waals surface area contributed by atoms with Crippen molar-refractivity contribution >= 4 is 33.3 Å². The van der Waals surface area contributed by atoms with Gasteiger partial charge in [0.25, 0.3) is 5.91 Å². The zero-order valence-corrected chi connectivity index (χ0v) is 23.8. The van der Waals surface area contributed by atoms with E-state index in [1.165, 1.54) is 11.3 Å². The van der Waals surface area contributed by atoms with E-state index >= 15 is 0 Å². The second-order valence-corrected chi connectivity index (χ2v) is 11.1. The number of hydrogen-bond acceptors (Lipinski definition) is 8. The van der Waals surface area contributed by atoms with E-state index in [4.69, 9.17) is 14.7 Å². The number of fused-ring (bicyclic) bond motifs is 1. The van der Waals surface area contributed by atoms with Crippen LogP contribution in [-0.4, -0.2) is 77.1 Å². The highest BCUT2D eigenvalue weighted by atomic mass is 32.1. The Hall–Kier alpha value is -4.02. The number of piperazine rings is 1. The number of aromatic nitrogens is 3. The minimum atomic E-state index is -0.216. The van der Waals surface area contributed by atoms with Crippen molar-refractivity contribution in [1.82, 2.24) is 24.8 Å². The van der Waals surface area contributed by atoms with Gasteiger partial charge in [0.1, 0.15) is 15.4 Å². The molecule has 8 nitrogen and oxygen atoms in total. The monoisotopic (exact) mass is 564 g/mol. The largest absolute Gasteiger partial charge is 0.383 e. The highest BCUT2D eigenvalue weighted by Gasteiger charge is 2.18. The quantitative estimate of drug-likeness (QED) is 0.255. The van der Waals surface area contributed by atoms with E-state index in [0.29, 0.717) is 11.3 Å². The fourth-order valence-electron chi connectivity index (χ4n) is 5.04. The van der Waals surface area contributed by atoms with Gasteiger partial charge in [-0.05, 0) is 35.4 Å². The Bertz CT molecular complexity index is 1630. The predicted molar refractivity (Wildman–Crippen MR) is 164 cm³/mol. The van der Waals surface area contributed by atoms with Crippen LogP contribution in [0.15, 0.2) is 85.3 Å². The summed E-state index contributed by atoms with van der Waals surface area (Å²) in [5, 5.41) is 3.90. The number of ether oxygens (including phenoxy) is 1. The molecule has 1 aliphatic heterocycles. The number of carbonyl (C=O) groups excluding carboxylic acids is 1. The molecule has 2 aromatic carbocycles. The highest BCUT2D eigenvalue weighted by molar-refractivity contribution is 7.21. The topological polar surface area (TPSA) is 83.5 Å². The lowest BCUT2D eigenvalue weighted by Crippen LogP contribution is -2.46. The summed E-state index contributed by atoms with van der Waals surface area (Å²) in [6.45, 7) is 6.78. The van der Waals surface area contributed by atoms with Gasteiger partial charge >= 0.3 is 0 Å². The van der Waals surface area contributed by atoms with Crippen molar-refractivity contribution in [3.63, 3.8) is 0 Å². The Morgan fingerprint density at radius 1 is 0.927 bits per heavy atom. The standard InChI is InChI=1S/C32H32N6O2S/c1-40-16-15-37-11-13-38(14-12-37)22-23-17-29-32(34-19-23)41-31(36-29)27-9-5-6-10-28(27)35-30(39)26-18-25(20-33-21-26)24-7-3-2-4-8-24/h2-10,17-21H,11-16,22H2,1H3,(H,35,39). The number of carbonyl (C=O) groups is 1. The number of pyridine rings is 2. The van der Waals surface area contributed by atoms with Gasteiger partial charge < -0.3 is 10.1 Å². The average Bonchev–Trinajstić information content (AvgIpc) is 3.45. The summed E-state index contributed by atoms with van der Waals surface area (Å²) >= 11 is 1.53. The molecule has 0 spiro atoms. The third-order valence-electron chi connectivity index (χ3n) is 7.30. The number of methoxy groups -OCH3 is 1. The van der Waals surface area contributed by atoms with Crippen molar-refractivity contribution in [3.8, 4) is 21.7 Å². The number of thiazole rings is 1. The van der Waals surface area contributed by atoms with E-state index in [2.05, 4.69) is 26.2 Å². The average molecular weight is 565 g/mol. The number of benzene rings is 2. The molecule has 6 rings (SSSR count). The van der Waals surface area contributed by atoms with Gasteiger partial charge in [0, 0.05) is 76.1 Å². The molecular formula is C32H32N6O2S. The molecule has 1 fully saturated rings. The summed E-state index contributed by atoms with van der Waals surface area (Å²) in [5.74, 6) is -0.216. The second kappa shape index (κ2) is 12.7. The third-order valence-corrected chi connectivity index (χ3v) is 8.31. The minimum absolute atomic E-state index is 0.216. The molecule has 1 aliphatic rings. The van der Waals surface area contributed by atoms with Gasteiger partial charge in [-0.1, -0.05) is 53.8 Å². The molecule has 5 aromatic rings. The van der Waals surface area contributed by atoms with Crippen molar-refractivity contribution in [3.05, 3.63) is 96.4 Å². The number of anilines is 1. The van der Waals surface area contributed by atoms with Crippen LogP contribution >= 0.6 is 11.3 Å². The van der Waals surface area contributed by atoms with E-state index in [1.807, 2.05) is 66.9 Å². The first kappa shape index (κ1) is 27.2. The zero-order valence-electron chi connectivity index (χ0n) is 23.0. The molecule has 9 heteroatoms. The third kappa shape index (κ3) is 6.49. The van der Waals surface area contributed by atoms with Gasteiger partial charge in [-0.3, -0.25) is 19.6 Å². The van der Waals surface area contributed by atoms with E-state index < -0.39 is 0 Å². The van der Waals surface area contributed by atoms with Crippen LogP contribution in [0.4, 0.5) is 5.69 Å². The maximum atomic E-state index is 13.3. The smallest absolute Gasteiger partial charge is 0.257 e.